The Morgan fingerprint density at radius 2 is 1.71 bits per heavy atom. The molecular weight excluding hydrogens is 922 g/mol. The second-order valence-corrected chi connectivity index (χ2v) is 17.2. The van der Waals surface area contributed by atoms with Gasteiger partial charge in [0.2, 0.25) is 23.6 Å². The molecule has 8 rings (SSSR count). The van der Waals surface area contributed by atoms with E-state index in [9.17, 15) is 46.7 Å². The highest BCUT2D eigenvalue weighted by Gasteiger charge is 2.46. The number of nitrogens with one attached hydrogen (secondary N) is 4. The molecule has 6 heterocycles. The van der Waals surface area contributed by atoms with Crippen LogP contribution < -0.4 is 26.2 Å². The van der Waals surface area contributed by atoms with E-state index in [-0.39, 0.29) is 96.4 Å². The van der Waals surface area contributed by atoms with Gasteiger partial charge in [-0.1, -0.05) is 19.9 Å². The number of anilines is 4. The Morgan fingerprint density at radius 3 is 2.44 bits per heavy atom. The molecule has 5 aromatic rings. The molecule has 0 radical (unpaired) electrons. The molecule has 4 N–H and O–H groups in total. The van der Waals surface area contributed by atoms with Gasteiger partial charge in [-0.25, -0.2) is 14.6 Å². The van der Waals surface area contributed by atoms with Crippen LogP contribution in [0, 0.1) is 5.41 Å². The number of amides is 6. The number of aromatic nitrogens is 4. The number of ether oxygens (including phenoxy) is 2. The third kappa shape index (κ3) is 10.9. The Hall–Kier alpha value is -7.79. The molecule has 0 bridgehead atoms. The van der Waals surface area contributed by atoms with Crippen molar-refractivity contribution in [1.82, 2.24) is 30.0 Å². The van der Waals surface area contributed by atoms with Crippen LogP contribution in [0.3, 0.4) is 0 Å². The van der Waals surface area contributed by atoms with Gasteiger partial charge in [0, 0.05) is 61.0 Å². The summed E-state index contributed by atoms with van der Waals surface area (Å²) in [5.74, 6) is -3.25. The summed E-state index contributed by atoms with van der Waals surface area (Å²) in [6.45, 7) is 4.09. The smallest absolute Gasteiger partial charge is 0.405 e. The van der Waals surface area contributed by atoms with Crippen molar-refractivity contribution in [3.8, 4) is 17.1 Å². The maximum atomic E-state index is 13.5. The number of carbonyl (C=O) groups excluding carboxylic acids is 7. The molecular formula is C47H47F3N10O10. The lowest BCUT2D eigenvalue weighted by molar-refractivity contribution is -0.136. The molecule has 0 aliphatic carbocycles. The van der Waals surface area contributed by atoms with Crippen molar-refractivity contribution in [3.05, 3.63) is 95.6 Å². The minimum absolute atomic E-state index is 0.0264. The van der Waals surface area contributed by atoms with E-state index in [1.807, 2.05) is 13.8 Å². The fourth-order valence-electron chi connectivity index (χ4n) is 8.02. The van der Waals surface area contributed by atoms with Crippen molar-refractivity contribution >= 4 is 64.2 Å². The number of carbonyl (C=O) groups is 7. The summed E-state index contributed by atoms with van der Waals surface area (Å²) in [7, 11) is 0. The van der Waals surface area contributed by atoms with Gasteiger partial charge < -0.3 is 29.8 Å². The number of benzene rings is 2. The van der Waals surface area contributed by atoms with Gasteiger partial charge in [-0.3, -0.25) is 48.7 Å². The van der Waals surface area contributed by atoms with E-state index in [1.165, 1.54) is 40.2 Å². The molecule has 0 saturated carbocycles. The molecule has 0 spiro atoms. The number of hydrogen-bond acceptors (Lipinski definition) is 15. The first-order chi connectivity index (χ1) is 33.5. The number of imide groups is 2. The van der Waals surface area contributed by atoms with Gasteiger partial charge in [-0.2, -0.15) is 13.2 Å². The third-order valence-corrected chi connectivity index (χ3v) is 11.7. The second kappa shape index (κ2) is 20.4. The molecule has 1 unspecified atom stereocenters. The Bertz CT molecular complexity index is 2840. The molecule has 20 nitrogen and oxygen atoms in total. The first kappa shape index (κ1) is 48.7. The number of pyridine rings is 1. The summed E-state index contributed by atoms with van der Waals surface area (Å²) in [5, 5.41) is 14.9. The number of rotatable bonds is 20. The molecule has 366 valence electrons. The minimum atomic E-state index is -4.46. The molecule has 3 aliphatic heterocycles. The first-order valence-corrected chi connectivity index (χ1v) is 22.3. The molecule has 3 aromatic heterocycles. The fourth-order valence-corrected chi connectivity index (χ4v) is 8.02. The predicted octanol–water partition coefficient (Wildman–Crippen LogP) is 5.42. The summed E-state index contributed by atoms with van der Waals surface area (Å²) < 4.78 is 56.4. The van der Waals surface area contributed by atoms with E-state index >= 15 is 0 Å². The zero-order chi connectivity index (χ0) is 49.7. The standard InChI is InChI=1S/C47H47F3N10O10/c1-46(2)15-18-58(45(46)67)39-32(54-40(63)33-25-70-42(55-33)28-14-16-52-36(23-28)53-26-47(48,49)50)24-59(57-39)29-10-8-27(9-11-29)35(61)7-4-19-68-21-22-69-20-17-51-31-6-3-5-30-38(31)44(66)60(43(30)65)34-12-13-37(62)56-41(34)64/h3,5-6,8-11,14,16,23-25,34,51H,4,7,12-13,15,17-22,26H2,1-2H3,(H,52,53)(H,54,63)(H,56,62,64). The normalized spacial score (nSPS) is 16.7. The van der Waals surface area contributed by atoms with Crippen LogP contribution in [0.2, 0.25) is 0 Å². The summed E-state index contributed by atoms with van der Waals surface area (Å²) >= 11 is 0. The van der Waals surface area contributed by atoms with Crippen molar-refractivity contribution in [3.63, 3.8) is 0 Å². The summed E-state index contributed by atoms with van der Waals surface area (Å²) in [6.07, 6.45) is 0.733. The summed E-state index contributed by atoms with van der Waals surface area (Å²) in [5.41, 5.74) is 1.39. The van der Waals surface area contributed by atoms with Crippen molar-refractivity contribution in [2.24, 2.45) is 5.41 Å². The topological polar surface area (TPSA) is 249 Å². The maximum Gasteiger partial charge on any atom is 0.405 e. The van der Waals surface area contributed by atoms with Crippen LogP contribution in [-0.4, -0.2) is 124 Å². The van der Waals surface area contributed by atoms with E-state index in [0.717, 1.165) is 11.2 Å². The maximum absolute atomic E-state index is 13.5. The SMILES string of the molecule is CC1(C)CCN(c2nn(-c3ccc(C(=O)CCCOCCOCCNc4cccc5c4C(=O)N(C4CCC(=O)NC4=O)C5=O)cc3)cc2NC(=O)c2coc(-c3ccnc(NCC(F)(F)F)c3)n2)C1=O. The fraction of sp³-hybridized carbons (Fsp3) is 0.362. The number of oxazole rings is 1. The Kier molecular flexibility index (Phi) is 14.2. The molecule has 2 aromatic carbocycles. The highest BCUT2D eigenvalue weighted by molar-refractivity contribution is 6.25. The second-order valence-electron chi connectivity index (χ2n) is 17.2. The van der Waals surface area contributed by atoms with Gasteiger partial charge in [-0.05, 0) is 67.8 Å². The van der Waals surface area contributed by atoms with Gasteiger partial charge >= 0.3 is 6.18 Å². The molecule has 2 saturated heterocycles. The van der Waals surface area contributed by atoms with E-state index in [4.69, 9.17) is 13.9 Å². The van der Waals surface area contributed by atoms with E-state index in [0.29, 0.717) is 49.5 Å². The number of Topliss-reactive ketones (excluding diaryl/α,β-unsaturated/α-hetero) is 1. The summed E-state index contributed by atoms with van der Waals surface area (Å²) in [4.78, 5) is 101. The van der Waals surface area contributed by atoms with Crippen molar-refractivity contribution in [2.75, 3.05) is 66.9 Å². The molecule has 23 heteroatoms. The highest BCUT2D eigenvalue weighted by atomic mass is 19.4. The number of nitrogens with zero attached hydrogens (tertiary/aromatic N) is 6. The lowest BCUT2D eigenvalue weighted by atomic mass is 9.92. The van der Waals surface area contributed by atoms with Crippen LogP contribution in [-0.2, 0) is 23.9 Å². The third-order valence-electron chi connectivity index (χ3n) is 11.7. The van der Waals surface area contributed by atoms with Crippen LogP contribution in [0.4, 0.5) is 36.2 Å². The van der Waals surface area contributed by atoms with Crippen LogP contribution >= 0.6 is 0 Å². The number of alkyl halides is 3. The lowest BCUT2D eigenvalue weighted by Crippen LogP contribution is -2.54. The quantitative estimate of drug-likeness (QED) is 0.0432. The molecule has 6 amide bonds. The van der Waals surface area contributed by atoms with Crippen molar-refractivity contribution < 1.29 is 60.6 Å². The van der Waals surface area contributed by atoms with E-state index in [2.05, 4.69) is 36.3 Å². The lowest BCUT2D eigenvalue weighted by Gasteiger charge is -2.27. The number of halogens is 3. The van der Waals surface area contributed by atoms with Crippen molar-refractivity contribution in [2.45, 2.75) is 58.2 Å². The van der Waals surface area contributed by atoms with E-state index in [1.54, 1.807) is 36.4 Å². The average Bonchev–Trinajstić information content (AvgIpc) is 4.11. The van der Waals surface area contributed by atoms with Gasteiger partial charge in [-0.15, -0.1) is 5.10 Å². The van der Waals surface area contributed by atoms with Gasteiger partial charge in [0.1, 0.15) is 30.4 Å². The average molecular weight is 969 g/mol. The predicted molar refractivity (Wildman–Crippen MR) is 243 cm³/mol. The molecule has 2 fully saturated rings. The van der Waals surface area contributed by atoms with Crippen LogP contribution in [0.5, 0.6) is 0 Å². The van der Waals surface area contributed by atoms with Crippen LogP contribution in [0.15, 0.2) is 77.7 Å². The number of piperidine rings is 1. The summed E-state index contributed by atoms with van der Waals surface area (Å²) in [6, 6.07) is 13.2. The number of fused-ring (bicyclic) bond motifs is 1. The first-order valence-electron chi connectivity index (χ1n) is 22.3. The van der Waals surface area contributed by atoms with Gasteiger partial charge in [0.25, 0.3) is 17.7 Å². The van der Waals surface area contributed by atoms with Gasteiger partial charge in [0.05, 0.1) is 42.8 Å². The molecule has 3 aliphatic rings. The zero-order valence-corrected chi connectivity index (χ0v) is 37.9. The Labute approximate surface area is 397 Å². The monoisotopic (exact) mass is 968 g/mol. The minimum Gasteiger partial charge on any atom is -0.444 e. The highest BCUT2D eigenvalue weighted by Crippen LogP contribution is 2.38. The van der Waals surface area contributed by atoms with E-state index < -0.39 is 53.7 Å². The number of ketones is 1. The number of hydrogen-bond donors (Lipinski definition) is 4. The van der Waals surface area contributed by atoms with Gasteiger partial charge in [0.15, 0.2) is 17.3 Å². The largest absolute Gasteiger partial charge is 0.444 e. The zero-order valence-electron chi connectivity index (χ0n) is 37.9. The Morgan fingerprint density at radius 1 is 0.943 bits per heavy atom. The van der Waals surface area contributed by atoms with Crippen LogP contribution in [0.25, 0.3) is 17.1 Å². The Balaban J connectivity index is 0.795. The van der Waals surface area contributed by atoms with Crippen molar-refractivity contribution in [1.29, 1.82) is 0 Å². The molecule has 1 atom stereocenters. The molecule has 70 heavy (non-hydrogen) atoms. The van der Waals surface area contributed by atoms with Crippen LogP contribution in [0.1, 0.15) is 87.5 Å².